The van der Waals surface area contributed by atoms with Gasteiger partial charge in [-0.2, -0.15) is 0 Å². The molecule has 10 nitrogen and oxygen atoms in total. The van der Waals surface area contributed by atoms with E-state index in [0.29, 0.717) is 30.0 Å². The van der Waals surface area contributed by atoms with E-state index < -0.39 is 17.7 Å². The highest BCUT2D eigenvalue weighted by molar-refractivity contribution is 5.99. The summed E-state index contributed by atoms with van der Waals surface area (Å²) in [5.41, 5.74) is 5.53. The van der Waals surface area contributed by atoms with Gasteiger partial charge in [-0.1, -0.05) is 18.2 Å². The average molecular weight is 476 g/mol. The van der Waals surface area contributed by atoms with Crippen molar-refractivity contribution in [2.75, 3.05) is 18.0 Å². The number of ether oxygens (including phenoxy) is 1. The molecule has 0 spiro atoms. The van der Waals surface area contributed by atoms with Gasteiger partial charge in [0.1, 0.15) is 18.1 Å². The molecule has 0 radical (unpaired) electrons. The minimum atomic E-state index is -0.650. The van der Waals surface area contributed by atoms with E-state index >= 15 is 0 Å². The quantitative estimate of drug-likeness (QED) is 0.427. The Bertz CT molecular complexity index is 1210. The monoisotopic (exact) mass is 476 g/mol. The number of carbonyl (C=O) groups excluding carboxylic acids is 4. The molecule has 4 amide bonds. The molecule has 0 saturated carbocycles. The van der Waals surface area contributed by atoms with Crippen LogP contribution in [0.25, 0.3) is 0 Å². The highest BCUT2D eigenvalue weighted by Crippen LogP contribution is 2.21. The van der Waals surface area contributed by atoms with E-state index in [9.17, 15) is 19.2 Å². The van der Waals surface area contributed by atoms with E-state index in [1.807, 2.05) is 18.2 Å². The maximum atomic E-state index is 12.3. The normalized spacial score (nSPS) is 12.8. The fourth-order valence-electron chi connectivity index (χ4n) is 3.46. The van der Waals surface area contributed by atoms with Crippen molar-refractivity contribution in [3.05, 3.63) is 83.8 Å². The third-order valence-corrected chi connectivity index (χ3v) is 5.25. The number of rotatable bonds is 8. The van der Waals surface area contributed by atoms with Crippen molar-refractivity contribution in [3.8, 4) is 5.75 Å². The SMILES string of the molecule is O=C(CNC(=O)c1ccc(N2CCCC2=O)cc1)NNC(=O)c1ccc(COc2ccccc2)o1. The molecule has 4 rings (SSSR count). The molecule has 1 fully saturated rings. The zero-order chi connectivity index (χ0) is 24.6. The van der Waals surface area contributed by atoms with Crippen molar-refractivity contribution in [1.82, 2.24) is 16.2 Å². The zero-order valence-corrected chi connectivity index (χ0v) is 18.8. The van der Waals surface area contributed by atoms with Gasteiger partial charge in [-0.05, 0) is 55.0 Å². The van der Waals surface area contributed by atoms with Gasteiger partial charge in [0.15, 0.2) is 5.76 Å². The highest BCUT2D eigenvalue weighted by Gasteiger charge is 2.21. The van der Waals surface area contributed by atoms with Crippen LogP contribution >= 0.6 is 0 Å². The van der Waals surface area contributed by atoms with Crippen LogP contribution in [0.5, 0.6) is 5.75 Å². The van der Waals surface area contributed by atoms with Gasteiger partial charge in [-0.3, -0.25) is 30.0 Å². The lowest BCUT2D eigenvalue weighted by atomic mass is 10.2. The third kappa shape index (κ3) is 6.26. The first-order valence-corrected chi connectivity index (χ1v) is 11.0. The van der Waals surface area contributed by atoms with Crippen LogP contribution in [-0.4, -0.2) is 36.7 Å². The molecule has 180 valence electrons. The van der Waals surface area contributed by atoms with E-state index in [0.717, 1.165) is 12.1 Å². The Balaban J connectivity index is 1.18. The number of anilines is 1. The summed E-state index contributed by atoms with van der Waals surface area (Å²) in [4.78, 5) is 50.0. The zero-order valence-electron chi connectivity index (χ0n) is 18.8. The molecular weight excluding hydrogens is 452 g/mol. The first-order valence-electron chi connectivity index (χ1n) is 11.0. The lowest BCUT2D eigenvalue weighted by Crippen LogP contribution is -2.46. The number of hydrazine groups is 1. The van der Waals surface area contributed by atoms with Crippen molar-refractivity contribution in [2.45, 2.75) is 19.4 Å². The molecule has 10 heteroatoms. The van der Waals surface area contributed by atoms with Crippen molar-refractivity contribution in [3.63, 3.8) is 0 Å². The molecule has 3 N–H and O–H groups in total. The first kappa shape index (κ1) is 23.6. The molecule has 1 aromatic heterocycles. The molecule has 0 bridgehead atoms. The summed E-state index contributed by atoms with van der Waals surface area (Å²) in [5, 5.41) is 2.47. The van der Waals surface area contributed by atoms with Gasteiger partial charge in [-0.25, -0.2) is 0 Å². The maximum Gasteiger partial charge on any atom is 0.305 e. The summed E-state index contributed by atoms with van der Waals surface area (Å²) >= 11 is 0. The van der Waals surface area contributed by atoms with Crippen LogP contribution in [-0.2, 0) is 16.2 Å². The Morgan fingerprint density at radius 2 is 1.69 bits per heavy atom. The Hall–Kier alpha value is -4.60. The number of hydrogen-bond acceptors (Lipinski definition) is 6. The average Bonchev–Trinajstić information content (AvgIpc) is 3.54. The number of benzene rings is 2. The number of amides is 4. The molecule has 2 aromatic carbocycles. The summed E-state index contributed by atoms with van der Waals surface area (Å²) in [6, 6.07) is 18.8. The van der Waals surface area contributed by atoms with E-state index in [-0.39, 0.29) is 24.8 Å². The molecule has 1 saturated heterocycles. The minimum absolute atomic E-state index is 0.00225. The summed E-state index contributed by atoms with van der Waals surface area (Å²) in [6.45, 7) is 0.460. The molecule has 0 unspecified atom stereocenters. The van der Waals surface area contributed by atoms with Crippen molar-refractivity contribution >= 4 is 29.3 Å². The largest absolute Gasteiger partial charge is 0.486 e. The smallest absolute Gasteiger partial charge is 0.305 e. The van der Waals surface area contributed by atoms with Crippen LogP contribution in [0, 0.1) is 0 Å². The van der Waals surface area contributed by atoms with Crippen LogP contribution < -0.4 is 25.8 Å². The summed E-state index contributed by atoms with van der Waals surface area (Å²) in [5.74, 6) is -0.558. The number of hydrogen-bond donors (Lipinski definition) is 3. The number of carbonyl (C=O) groups is 4. The second kappa shape index (κ2) is 11.0. The van der Waals surface area contributed by atoms with Gasteiger partial charge in [0.05, 0.1) is 6.54 Å². The minimum Gasteiger partial charge on any atom is -0.486 e. The number of nitrogens with zero attached hydrogens (tertiary/aromatic N) is 1. The lowest BCUT2D eigenvalue weighted by molar-refractivity contribution is -0.121. The Kier molecular flexibility index (Phi) is 7.41. The lowest BCUT2D eigenvalue weighted by Gasteiger charge is -2.15. The summed E-state index contributed by atoms with van der Waals surface area (Å²) < 4.78 is 11.0. The van der Waals surface area contributed by atoms with Crippen molar-refractivity contribution in [2.24, 2.45) is 0 Å². The van der Waals surface area contributed by atoms with Crippen LogP contribution in [0.1, 0.15) is 39.5 Å². The highest BCUT2D eigenvalue weighted by atomic mass is 16.5. The van der Waals surface area contributed by atoms with Crippen LogP contribution in [0.15, 0.2) is 71.1 Å². The fraction of sp³-hybridized carbons (Fsp3) is 0.200. The second-order valence-electron chi connectivity index (χ2n) is 7.75. The Labute approximate surface area is 201 Å². The number of para-hydroxylation sites is 1. The molecule has 0 atom stereocenters. The predicted octanol–water partition coefficient (Wildman–Crippen LogP) is 2.18. The predicted molar refractivity (Wildman–Crippen MR) is 125 cm³/mol. The second-order valence-corrected chi connectivity index (χ2v) is 7.75. The number of nitrogens with one attached hydrogen (secondary N) is 3. The van der Waals surface area contributed by atoms with Gasteiger partial charge in [0.25, 0.3) is 11.8 Å². The van der Waals surface area contributed by atoms with Gasteiger partial charge in [0.2, 0.25) is 5.91 Å². The van der Waals surface area contributed by atoms with E-state index in [1.54, 1.807) is 47.4 Å². The molecule has 3 aromatic rings. The van der Waals surface area contributed by atoms with Crippen LogP contribution in [0.4, 0.5) is 5.69 Å². The molecule has 2 heterocycles. The number of furan rings is 1. The summed E-state index contributed by atoms with van der Waals surface area (Å²) in [6.07, 6.45) is 1.34. The van der Waals surface area contributed by atoms with Crippen LogP contribution in [0.3, 0.4) is 0 Å². The standard InChI is InChI=1S/C25H24N4O6/c30-22(15-26-24(32)17-8-10-18(11-9-17)29-14-4-7-23(29)31)27-28-25(33)21-13-12-20(35-21)16-34-19-5-2-1-3-6-19/h1-3,5-6,8-13H,4,7,14-16H2,(H,26,32)(H,27,30)(H,28,33). The molecule has 35 heavy (non-hydrogen) atoms. The maximum absolute atomic E-state index is 12.3. The molecule has 0 aliphatic carbocycles. The Morgan fingerprint density at radius 1 is 0.914 bits per heavy atom. The first-order chi connectivity index (χ1) is 17.0. The van der Waals surface area contributed by atoms with Gasteiger partial charge in [-0.15, -0.1) is 0 Å². The fourth-order valence-corrected chi connectivity index (χ4v) is 3.46. The molecule has 1 aliphatic heterocycles. The van der Waals surface area contributed by atoms with Gasteiger partial charge in [0, 0.05) is 24.2 Å². The van der Waals surface area contributed by atoms with E-state index in [2.05, 4.69) is 16.2 Å². The third-order valence-electron chi connectivity index (χ3n) is 5.25. The van der Waals surface area contributed by atoms with Crippen molar-refractivity contribution in [1.29, 1.82) is 0 Å². The Morgan fingerprint density at radius 3 is 2.40 bits per heavy atom. The van der Waals surface area contributed by atoms with Crippen molar-refractivity contribution < 1.29 is 28.3 Å². The molecular formula is C25H24N4O6. The topological polar surface area (TPSA) is 130 Å². The van der Waals surface area contributed by atoms with E-state index in [4.69, 9.17) is 9.15 Å². The van der Waals surface area contributed by atoms with Gasteiger partial charge >= 0.3 is 5.91 Å². The summed E-state index contributed by atoms with van der Waals surface area (Å²) in [7, 11) is 0. The van der Waals surface area contributed by atoms with Gasteiger partial charge < -0.3 is 19.4 Å². The van der Waals surface area contributed by atoms with E-state index in [1.165, 1.54) is 6.07 Å². The molecule has 1 aliphatic rings. The van der Waals surface area contributed by atoms with Crippen LogP contribution in [0.2, 0.25) is 0 Å².